The maximum Gasteiger partial charge on any atom is 0.410 e. The quantitative estimate of drug-likeness (QED) is 0.234. The summed E-state index contributed by atoms with van der Waals surface area (Å²) in [7, 11) is 2.04. The van der Waals surface area contributed by atoms with Gasteiger partial charge in [-0.3, -0.25) is 4.68 Å². The number of piperidine rings is 1. The van der Waals surface area contributed by atoms with E-state index in [1.165, 1.54) is 0 Å². The van der Waals surface area contributed by atoms with Crippen LogP contribution in [0, 0.1) is 13.8 Å². The van der Waals surface area contributed by atoms with Crippen LogP contribution in [-0.2, 0) is 11.8 Å². The minimum atomic E-state index is -0.484. The predicted molar refractivity (Wildman–Crippen MR) is 170 cm³/mol. The molecule has 3 aromatic heterocycles. The molecule has 0 unspecified atom stereocenters. The van der Waals surface area contributed by atoms with Gasteiger partial charge in [-0.1, -0.05) is 18.2 Å². The molecular weight excluding hydrogens is 538 g/mol. The number of fused-ring (bicyclic) bond motifs is 1. The van der Waals surface area contributed by atoms with Gasteiger partial charge in [0.1, 0.15) is 17.2 Å². The number of anilines is 2. The molecule has 1 N–H and O–H groups in total. The highest BCUT2D eigenvalue weighted by Crippen LogP contribution is 2.31. The molecule has 1 fully saturated rings. The first-order valence-corrected chi connectivity index (χ1v) is 14.8. The predicted octanol–water partition coefficient (Wildman–Crippen LogP) is 7.43. The Bertz CT molecular complexity index is 1790. The van der Waals surface area contributed by atoms with Crippen molar-refractivity contribution in [1.82, 2.24) is 29.2 Å². The Labute approximate surface area is 252 Å². The second kappa shape index (κ2) is 11.2. The molecule has 9 heteroatoms. The topological polar surface area (TPSA) is 90.1 Å². The van der Waals surface area contributed by atoms with E-state index in [0.29, 0.717) is 13.1 Å². The summed E-state index contributed by atoms with van der Waals surface area (Å²) in [5.41, 5.74) is 6.08. The van der Waals surface area contributed by atoms with Gasteiger partial charge in [0.05, 0.1) is 24.1 Å². The lowest BCUT2D eigenvalue weighted by molar-refractivity contribution is 0.0185. The molecule has 0 aliphatic carbocycles. The SMILES string of the molecule is Cc1cc(-c2cnc(C)n2C)ccc1Nc1cc2cc(-c3cnn(C4CCN(C(=O)OC(C)(C)C)CC4)c3)ccc2cn1. The second-order valence-electron chi connectivity index (χ2n) is 12.4. The van der Waals surface area contributed by atoms with E-state index in [1.807, 2.05) is 58.0 Å². The van der Waals surface area contributed by atoms with Crippen LogP contribution < -0.4 is 5.32 Å². The maximum atomic E-state index is 12.4. The van der Waals surface area contributed by atoms with Gasteiger partial charge in [0.2, 0.25) is 0 Å². The Morgan fingerprint density at radius 1 is 0.907 bits per heavy atom. The summed E-state index contributed by atoms with van der Waals surface area (Å²) in [5.74, 6) is 1.78. The number of aryl methyl sites for hydroxylation is 2. The van der Waals surface area contributed by atoms with Gasteiger partial charge in [0.15, 0.2) is 0 Å². The lowest BCUT2D eigenvalue weighted by atomic mass is 10.0. The van der Waals surface area contributed by atoms with Crippen molar-refractivity contribution in [2.45, 2.75) is 59.1 Å². The molecule has 222 valence electrons. The molecule has 6 rings (SSSR count). The second-order valence-corrected chi connectivity index (χ2v) is 12.4. The zero-order valence-electron chi connectivity index (χ0n) is 25.8. The van der Waals surface area contributed by atoms with Crippen molar-refractivity contribution in [2.24, 2.45) is 7.05 Å². The summed E-state index contributed by atoms with van der Waals surface area (Å²) in [4.78, 5) is 23.3. The third-order valence-electron chi connectivity index (χ3n) is 8.15. The first-order valence-electron chi connectivity index (χ1n) is 14.8. The summed E-state index contributed by atoms with van der Waals surface area (Å²) in [5, 5.41) is 10.4. The van der Waals surface area contributed by atoms with Crippen molar-refractivity contribution in [3.63, 3.8) is 0 Å². The fourth-order valence-electron chi connectivity index (χ4n) is 5.59. The molecule has 1 saturated heterocycles. The monoisotopic (exact) mass is 577 g/mol. The van der Waals surface area contributed by atoms with E-state index in [4.69, 9.17) is 9.84 Å². The third kappa shape index (κ3) is 6.11. The molecule has 0 radical (unpaired) electrons. The number of likely N-dealkylation sites (tertiary alicyclic amines) is 1. The van der Waals surface area contributed by atoms with Crippen molar-refractivity contribution >= 4 is 28.4 Å². The fourth-order valence-corrected chi connectivity index (χ4v) is 5.59. The molecule has 9 nitrogen and oxygen atoms in total. The molecule has 0 atom stereocenters. The van der Waals surface area contributed by atoms with Crippen LogP contribution in [0.2, 0.25) is 0 Å². The minimum absolute atomic E-state index is 0.237. The molecule has 5 aromatic rings. The van der Waals surface area contributed by atoms with Gasteiger partial charge in [-0.2, -0.15) is 5.10 Å². The molecule has 0 saturated carbocycles. The number of carbonyl (C=O) groups excluding carboxylic acids is 1. The van der Waals surface area contributed by atoms with Crippen LogP contribution in [0.5, 0.6) is 0 Å². The smallest absolute Gasteiger partial charge is 0.410 e. The number of ether oxygens (including phenoxy) is 1. The number of carbonyl (C=O) groups is 1. The molecule has 43 heavy (non-hydrogen) atoms. The third-order valence-corrected chi connectivity index (χ3v) is 8.15. The fraction of sp³-hybridized carbons (Fsp3) is 0.353. The summed E-state index contributed by atoms with van der Waals surface area (Å²) in [6.45, 7) is 11.1. The number of aromatic nitrogens is 5. The number of rotatable bonds is 5. The lowest BCUT2D eigenvalue weighted by Gasteiger charge is -2.33. The summed E-state index contributed by atoms with van der Waals surface area (Å²) in [6, 6.07) is 15.1. The van der Waals surface area contributed by atoms with Crippen LogP contribution in [0.1, 0.15) is 51.0 Å². The summed E-state index contributed by atoms with van der Waals surface area (Å²) < 4.78 is 9.69. The molecule has 1 aliphatic rings. The first-order chi connectivity index (χ1) is 20.5. The van der Waals surface area contributed by atoms with Gasteiger partial charge in [0, 0.05) is 54.7 Å². The Kier molecular flexibility index (Phi) is 7.42. The Hall–Kier alpha value is -4.66. The normalized spacial score (nSPS) is 14.3. The molecule has 0 bridgehead atoms. The highest BCUT2D eigenvalue weighted by atomic mass is 16.6. The number of imidazole rings is 1. The van der Waals surface area contributed by atoms with Crippen LogP contribution in [0.15, 0.2) is 67.3 Å². The number of amides is 1. The van der Waals surface area contributed by atoms with Gasteiger partial charge >= 0.3 is 6.09 Å². The van der Waals surface area contributed by atoms with E-state index in [1.54, 1.807) is 4.90 Å². The molecule has 0 spiro atoms. The number of pyridine rings is 1. The Balaban J connectivity index is 1.15. The van der Waals surface area contributed by atoms with Crippen LogP contribution in [-0.4, -0.2) is 54.0 Å². The van der Waals surface area contributed by atoms with Gasteiger partial charge in [-0.15, -0.1) is 0 Å². The minimum Gasteiger partial charge on any atom is -0.444 e. The lowest BCUT2D eigenvalue weighted by Crippen LogP contribution is -2.42. The molecule has 1 aliphatic heterocycles. The van der Waals surface area contributed by atoms with Crippen molar-refractivity contribution in [3.05, 3.63) is 78.6 Å². The van der Waals surface area contributed by atoms with Crippen molar-refractivity contribution < 1.29 is 9.53 Å². The van der Waals surface area contributed by atoms with Crippen molar-refractivity contribution in [3.8, 4) is 22.4 Å². The number of hydrogen-bond acceptors (Lipinski definition) is 6. The first kappa shape index (κ1) is 28.5. The zero-order chi connectivity index (χ0) is 30.3. The number of benzene rings is 2. The van der Waals surface area contributed by atoms with E-state index in [9.17, 15) is 4.79 Å². The maximum absolute atomic E-state index is 12.4. The number of hydrogen-bond donors (Lipinski definition) is 1. The van der Waals surface area contributed by atoms with E-state index < -0.39 is 5.60 Å². The zero-order valence-corrected chi connectivity index (χ0v) is 25.8. The van der Waals surface area contributed by atoms with E-state index in [-0.39, 0.29) is 12.1 Å². The standard InChI is InChI=1S/C34H39N7O2/c1-22-15-25(31-20-35-23(2)39(31)6)9-10-30(22)38-32-17-27-16-24(7-8-26(27)18-36-32)28-19-37-41(21-28)29-11-13-40(14-12-29)33(42)43-34(3,4)5/h7-10,15-21,29H,11-14H2,1-6H3,(H,36,38). The van der Waals surface area contributed by atoms with Crippen molar-refractivity contribution in [1.29, 1.82) is 0 Å². The van der Waals surface area contributed by atoms with Gasteiger partial charge in [0.25, 0.3) is 0 Å². The Morgan fingerprint density at radius 3 is 2.37 bits per heavy atom. The van der Waals surface area contributed by atoms with E-state index in [2.05, 4.69) is 75.4 Å². The van der Waals surface area contributed by atoms with Crippen LogP contribution in [0.25, 0.3) is 33.2 Å². The number of nitrogens with one attached hydrogen (secondary N) is 1. The molecule has 4 heterocycles. The van der Waals surface area contributed by atoms with Gasteiger partial charge < -0.3 is 19.5 Å². The van der Waals surface area contributed by atoms with Crippen molar-refractivity contribution in [2.75, 3.05) is 18.4 Å². The van der Waals surface area contributed by atoms with E-state index >= 15 is 0 Å². The van der Waals surface area contributed by atoms with Crippen LogP contribution >= 0.6 is 0 Å². The largest absolute Gasteiger partial charge is 0.444 e. The van der Waals surface area contributed by atoms with E-state index in [0.717, 1.165) is 68.9 Å². The molecule has 1 amide bonds. The molecular formula is C34H39N7O2. The van der Waals surface area contributed by atoms with Crippen LogP contribution in [0.3, 0.4) is 0 Å². The average Bonchev–Trinajstić information content (AvgIpc) is 3.60. The number of nitrogens with zero attached hydrogens (tertiary/aromatic N) is 6. The Morgan fingerprint density at radius 2 is 1.67 bits per heavy atom. The highest BCUT2D eigenvalue weighted by Gasteiger charge is 2.28. The highest BCUT2D eigenvalue weighted by molar-refractivity contribution is 5.89. The van der Waals surface area contributed by atoms with Gasteiger partial charge in [-0.05, 0) is 88.2 Å². The molecule has 2 aromatic carbocycles. The van der Waals surface area contributed by atoms with Crippen LogP contribution in [0.4, 0.5) is 16.3 Å². The summed E-state index contributed by atoms with van der Waals surface area (Å²) >= 11 is 0. The average molecular weight is 578 g/mol. The summed E-state index contributed by atoms with van der Waals surface area (Å²) in [6.07, 6.45) is 9.32. The van der Waals surface area contributed by atoms with Gasteiger partial charge in [-0.25, -0.2) is 14.8 Å².